The van der Waals surface area contributed by atoms with Crippen molar-refractivity contribution in [2.45, 2.75) is 12.6 Å². The number of hydrogen-bond donors (Lipinski definition) is 0. The number of methoxy groups -OCH3 is 1. The average Bonchev–Trinajstić information content (AvgIpc) is 3.19. The molecule has 1 atom stereocenters. The second kappa shape index (κ2) is 9.97. The van der Waals surface area contributed by atoms with Crippen LogP contribution in [0, 0.1) is 5.82 Å². The van der Waals surface area contributed by atoms with Crippen LogP contribution < -0.4 is 4.74 Å². The summed E-state index contributed by atoms with van der Waals surface area (Å²) in [5.74, 6) is 1.21. The highest BCUT2D eigenvalue weighted by Gasteiger charge is 2.31. The molecule has 0 radical (unpaired) electrons. The molecule has 9 heteroatoms. The minimum absolute atomic E-state index is 0. The molecule has 30 heavy (non-hydrogen) atoms. The molecule has 0 bridgehead atoms. The van der Waals surface area contributed by atoms with E-state index in [2.05, 4.69) is 32.4 Å². The van der Waals surface area contributed by atoms with Crippen LogP contribution in [0.5, 0.6) is 5.75 Å². The van der Waals surface area contributed by atoms with Crippen molar-refractivity contribution in [1.82, 2.24) is 30.0 Å². The molecule has 0 amide bonds. The van der Waals surface area contributed by atoms with Crippen LogP contribution in [-0.2, 0) is 6.54 Å². The van der Waals surface area contributed by atoms with E-state index in [4.69, 9.17) is 4.74 Å². The van der Waals surface area contributed by atoms with Crippen LogP contribution in [0.2, 0.25) is 0 Å². The highest BCUT2D eigenvalue weighted by molar-refractivity contribution is 5.85. The summed E-state index contributed by atoms with van der Waals surface area (Å²) in [6.07, 6.45) is 0. The van der Waals surface area contributed by atoms with Gasteiger partial charge in [-0.2, -0.15) is 0 Å². The van der Waals surface area contributed by atoms with Gasteiger partial charge < -0.3 is 9.64 Å². The summed E-state index contributed by atoms with van der Waals surface area (Å²) >= 11 is 0. The lowest BCUT2D eigenvalue weighted by Gasteiger charge is -2.37. The minimum atomic E-state index is -0.335. The maximum atomic E-state index is 14.8. The van der Waals surface area contributed by atoms with Gasteiger partial charge in [-0.15, -0.1) is 17.5 Å². The zero-order valence-electron chi connectivity index (χ0n) is 17.1. The van der Waals surface area contributed by atoms with Crippen molar-refractivity contribution in [3.63, 3.8) is 0 Å². The molecule has 7 nitrogen and oxygen atoms in total. The predicted octanol–water partition coefficient (Wildman–Crippen LogP) is 2.63. The molecule has 4 rings (SSSR count). The number of ether oxygens (including phenoxy) is 1. The van der Waals surface area contributed by atoms with Crippen LogP contribution in [0.4, 0.5) is 4.39 Å². The summed E-state index contributed by atoms with van der Waals surface area (Å²) in [4.78, 5) is 4.53. The Balaban J connectivity index is 0.00000256. The third-order valence-corrected chi connectivity index (χ3v) is 5.40. The maximum Gasteiger partial charge on any atom is 0.173 e. The fourth-order valence-corrected chi connectivity index (χ4v) is 3.70. The largest absolute Gasteiger partial charge is 0.497 e. The Morgan fingerprint density at radius 3 is 2.40 bits per heavy atom. The fourth-order valence-electron chi connectivity index (χ4n) is 3.70. The average molecular weight is 433 g/mol. The van der Waals surface area contributed by atoms with Crippen LogP contribution in [0.3, 0.4) is 0 Å². The predicted molar refractivity (Wildman–Crippen MR) is 114 cm³/mol. The normalized spacial score (nSPS) is 16.1. The standard InChI is InChI=1S/C21H25FN6O.ClH/c1-26-11-13-27(14-12-26)20(18-5-3-4-6-19(18)22)21-23-24-25-28(21)15-16-7-9-17(29-2)10-8-16;/h3-10,20H,11-15H2,1-2H3;1H. The van der Waals surface area contributed by atoms with E-state index in [1.54, 1.807) is 17.9 Å². The van der Waals surface area contributed by atoms with E-state index >= 15 is 0 Å². The van der Waals surface area contributed by atoms with Crippen molar-refractivity contribution < 1.29 is 9.13 Å². The molecule has 1 unspecified atom stereocenters. The zero-order valence-corrected chi connectivity index (χ0v) is 17.9. The monoisotopic (exact) mass is 432 g/mol. The number of rotatable bonds is 6. The third-order valence-electron chi connectivity index (χ3n) is 5.40. The molecule has 2 heterocycles. The van der Waals surface area contributed by atoms with Crippen molar-refractivity contribution in [2.75, 3.05) is 40.3 Å². The summed E-state index contributed by atoms with van der Waals surface area (Å²) in [5.41, 5.74) is 1.65. The Morgan fingerprint density at radius 2 is 1.73 bits per heavy atom. The summed E-state index contributed by atoms with van der Waals surface area (Å²) in [5, 5.41) is 12.4. The van der Waals surface area contributed by atoms with Crippen molar-refractivity contribution in [3.05, 3.63) is 71.3 Å². The molecule has 1 saturated heterocycles. The number of halogens is 2. The highest BCUT2D eigenvalue weighted by Crippen LogP contribution is 2.30. The number of nitrogens with zero attached hydrogens (tertiary/aromatic N) is 6. The lowest BCUT2D eigenvalue weighted by atomic mass is 10.0. The van der Waals surface area contributed by atoms with Gasteiger partial charge in [-0.1, -0.05) is 30.3 Å². The van der Waals surface area contributed by atoms with Crippen molar-refractivity contribution in [2.24, 2.45) is 0 Å². The molecular formula is C21H26ClFN6O. The van der Waals surface area contributed by atoms with Crippen molar-refractivity contribution in [1.29, 1.82) is 0 Å². The van der Waals surface area contributed by atoms with Crippen molar-refractivity contribution >= 4 is 12.4 Å². The fraction of sp³-hybridized carbons (Fsp3) is 0.381. The Labute approximate surface area is 181 Å². The van der Waals surface area contributed by atoms with Crippen LogP contribution in [-0.4, -0.2) is 70.3 Å². The first-order chi connectivity index (χ1) is 14.2. The van der Waals surface area contributed by atoms with Crippen LogP contribution in [0.25, 0.3) is 0 Å². The molecular weight excluding hydrogens is 407 g/mol. The summed E-state index contributed by atoms with van der Waals surface area (Å²) in [6, 6.07) is 14.3. The first-order valence-corrected chi connectivity index (χ1v) is 9.71. The zero-order chi connectivity index (χ0) is 20.2. The Hall–Kier alpha value is -2.55. The van der Waals surface area contributed by atoms with Gasteiger partial charge in [0.2, 0.25) is 0 Å². The smallest absolute Gasteiger partial charge is 0.173 e. The van der Waals surface area contributed by atoms with Crippen molar-refractivity contribution in [3.8, 4) is 5.75 Å². The summed E-state index contributed by atoms with van der Waals surface area (Å²) in [7, 11) is 3.74. The first kappa shape index (κ1) is 22.1. The lowest BCUT2D eigenvalue weighted by Crippen LogP contribution is -2.47. The molecule has 1 aliphatic rings. The quantitative estimate of drug-likeness (QED) is 0.596. The molecule has 2 aromatic carbocycles. The van der Waals surface area contributed by atoms with Gasteiger partial charge in [-0.25, -0.2) is 9.07 Å². The van der Waals surface area contributed by atoms with Gasteiger partial charge in [0.05, 0.1) is 13.7 Å². The van der Waals surface area contributed by atoms with Crippen LogP contribution in [0.15, 0.2) is 48.5 Å². The number of likely N-dealkylation sites (N-methyl/N-ethyl adjacent to an activating group) is 1. The molecule has 1 aromatic heterocycles. The molecule has 3 aromatic rings. The first-order valence-electron chi connectivity index (χ1n) is 9.71. The molecule has 0 N–H and O–H groups in total. The maximum absolute atomic E-state index is 14.8. The van der Waals surface area contributed by atoms with Gasteiger partial charge in [-0.3, -0.25) is 4.90 Å². The van der Waals surface area contributed by atoms with Gasteiger partial charge in [0.15, 0.2) is 5.82 Å². The van der Waals surface area contributed by atoms with E-state index in [0.717, 1.165) is 37.5 Å². The molecule has 0 saturated carbocycles. The van der Waals surface area contributed by atoms with Gasteiger partial charge in [-0.05, 0) is 41.2 Å². The van der Waals surface area contributed by atoms with E-state index in [9.17, 15) is 4.39 Å². The number of hydrogen-bond acceptors (Lipinski definition) is 6. The van der Waals surface area contributed by atoms with E-state index in [1.165, 1.54) is 6.07 Å². The van der Waals surface area contributed by atoms with E-state index in [0.29, 0.717) is 17.9 Å². The van der Waals surface area contributed by atoms with E-state index in [-0.39, 0.29) is 24.3 Å². The van der Waals surface area contributed by atoms with E-state index < -0.39 is 0 Å². The molecule has 1 aliphatic heterocycles. The second-order valence-corrected chi connectivity index (χ2v) is 7.31. The summed E-state index contributed by atoms with van der Waals surface area (Å²) < 4.78 is 21.8. The molecule has 0 spiro atoms. The van der Waals surface area contributed by atoms with Gasteiger partial charge in [0.1, 0.15) is 17.6 Å². The van der Waals surface area contributed by atoms with E-state index in [1.807, 2.05) is 36.4 Å². The number of tetrazole rings is 1. The Kier molecular flexibility index (Phi) is 7.36. The van der Waals surface area contributed by atoms with Gasteiger partial charge >= 0.3 is 0 Å². The summed E-state index contributed by atoms with van der Waals surface area (Å²) in [6.45, 7) is 4.00. The third kappa shape index (κ3) is 4.77. The Morgan fingerprint density at radius 1 is 1.03 bits per heavy atom. The topological polar surface area (TPSA) is 59.3 Å². The Bertz CT molecular complexity index is 943. The minimum Gasteiger partial charge on any atom is -0.497 e. The SMILES string of the molecule is COc1ccc(Cn2nnnc2C(c2ccccc2F)N2CCN(C)CC2)cc1.Cl. The van der Waals surface area contributed by atoms with Crippen LogP contribution in [0.1, 0.15) is 23.0 Å². The number of piperazine rings is 1. The highest BCUT2D eigenvalue weighted by atomic mass is 35.5. The molecule has 1 fully saturated rings. The van der Waals surface area contributed by atoms with Gasteiger partial charge in [0.25, 0.3) is 0 Å². The lowest BCUT2D eigenvalue weighted by molar-refractivity contribution is 0.120. The molecule has 160 valence electrons. The number of aromatic nitrogens is 4. The van der Waals surface area contributed by atoms with Gasteiger partial charge in [0, 0.05) is 31.7 Å². The second-order valence-electron chi connectivity index (χ2n) is 7.31. The van der Waals surface area contributed by atoms with Crippen LogP contribution >= 0.6 is 12.4 Å². The molecule has 0 aliphatic carbocycles. The number of benzene rings is 2.